The molecule has 0 saturated heterocycles. The largest absolute Gasteiger partial charge is 0.306 e. The van der Waals surface area contributed by atoms with Crippen LogP contribution in [0.3, 0.4) is 0 Å². The molecule has 0 spiro atoms. The van der Waals surface area contributed by atoms with E-state index in [4.69, 9.17) is 11.6 Å². The quantitative estimate of drug-likeness (QED) is 0.859. The maximum Gasteiger partial charge on any atom is 0.0671 e. The van der Waals surface area contributed by atoms with Gasteiger partial charge in [0.15, 0.2) is 0 Å². The fourth-order valence-corrected chi connectivity index (χ4v) is 5.26. The van der Waals surface area contributed by atoms with Crippen molar-refractivity contribution in [2.75, 3.05) is 12.3 Å². The van der Waals surface area contributed by atoms with Crippen molar-refractivity contribution in [3.63, 3.8) is 0 Å². The van der Waals surface area contributed by atoms with Crippen LogP contribution < -0.4 is 5.32 Å². The summed E-state index contributed by atoms with van der Waals surface area (Å²) in [5.41, 5.74) is 2.79. The van der Waals surface area contributed by atoms with Crippen LogP contribution in [-0.4, -0.2) is 12.3 Å². The molecule has 0 radical (unpaired) electrons. The molecule has 1 aliphatic heterocycles. The van der Waals surface area contributed by atoms with E-state index in [0.717, 1.165) is 11.6 Å². The summed E-state index contributed by atoms with van der Waals surface area (Å²) in [6.07, 6.45) is 1.22. The molecular formula is C16H18ClNS2. The first-order valence-electron chi connectivity index (χ1n) is 6.96. The van der Waals surface area contributed by atoms with Crippen LogP contribution in [0.2, 0.25) is 5.02 Å². The zero-order valence-corrected chi connectivity index (χ0v) is 13.9. The highest BCUT2D eigenvalue weighted by molar-refractivity contribution is 7.98. The van der Waals surface area contributed by atoms with Gasteiger partial charge >= 0.3 is 0 Å². The average Bonchev–Trinajstić information content (AvgIpc) is 2.88. The van der Waals surface area contributed by atoms with Crippen molar-refractivity contribution in [3.8, 4) is 0 Å². The number of benzene rings is 1. The maximum absolute atomic E-state index is 6.15. The molecule has 3 rings (SSSR count). The molecule has 106 valence electrons. The predicted octanol–water partition coefficient (Wildman–Crippen LogP) is 4.89. The van der Waals surface area contributed by atoms with Gasteiger partial charge in [-0.1, -0.05) is 30.7 Å². The van der Waals surface area contributed by atoms with Gasteiger partial charge in [-0.15, -0.1) is 11.3 Å². The fourth-order valence-electron chi connectivity index (χ4n) is 2.59. The van der Waals surface area contributed by atoms with Crippen LogP contribution in [0.25, 0.3) is 0 Å². The zero-order chi connectivity index (χ0) is 13.9. The van der Waals surface area contributed by atoms with Gasteiger partial charge in [0, 0.05) is 20.5 Å². The first kappa shape index (κ1) is 14.5. The van der Waals surface area contributed by atoms with E-state index < -0.39 is 0 Å². The minimum Gasteiger partial charge on any atom is -0.306 e. The molecule has 2 aromatic rings. The van der Waals surface area contributed by atoms with Crippen LogP contribution in [0, 0.1) is 0 Å². The first-order chi connectivity index (χ1) is 9.78. The van der Waals surface area contributed by atoms with E-state index in [1.165, 1.54) is 33.9 Å². The van der Waals surface area contributed by atoms with Gasteiger partial charge in [-0.25, -0.2) is 0 Å². The summed E-state index contributed by atoms with van der Waals surface area (Å²) in [6.45, 7) is 3.11. The van der Waals surface area contributed by atoms with Crippen molar-refractivity contribution in [2.45, 2.75) is 25.1 Å². The number of fused-ring (bicyclic) bond motifs is 1. The van der Waals surface area contributed by atoms with E-state index in [0.29, 0.717) is 0 Å². The summed E-state index contributed by atoms with van der Waals surface area (Å²) in [6, 6.07) is 10.9. The van der Waals surface area contributed by atoms with Crippen molar-refractivity contribution >= 4 is 34.7 Å². The number of thioether (sulfide) groups is 1. The number of thiophene rings is 1. The second-order valence-corrected chi connectivity index (χ2v) is 7.66. The highest BCUT2D eigenvalue weighted by atomic mass is 35.5. The maximum atomic E-state index is 6.15. The Labute approximate surface area is 133 Å². The topological polar surface area (TPSA) is 12.0 Å². The van der Waals surface area contributed by atoms with E-state index in [1.54, 1.807) is 4.88 Å². The molecule has 20 heavy (non-hydrogen) atoms. The smallest absolute Gasteiger partial charge is 0.0671 e. The molecule has 0 amide bonds. The Hall–Kier alpha value is -0.480. The van der Waals surface area contributed by atoms with Crippen molar-refractivity contribution in [1.82, 2.24) is 5.32 Å². The van der Waals surface area contributed by atoms with Gasteiger partial charge in [0.25, 0.3) is 0 Å². The van der Waals surface area contributed by atoms with Crippen LogP contribution >= 0.6 is 34.7 Å². The molecule has 1 nitrogen and oxygen atoms in total. The number of hydrogen-bond acceptors (Lipinski definition) is 3. The third-order valence-electron chi connectivity index (χ3n) is 3.52. The summed E-state index contributed by atoms with van der Waals surface area (Å²) >= 11 is 10.2. The minimum absolute atomic E-state index is 0.263. The van der Waals surface area contributed by atoms with Crippen molar-refractivity contribution in [1.29, 1.82) is 0 Å². The van der Waals surface area contributed by atoms with Crippen molar-refractivity contribution in [3.05, 3.63) is 56.2 Å². The van der Waals surface area contributed by atoms with Crippen LogP contribution in [0.1, 0.15) is 33.8 Å². The van der Waals surface area contributed by atoms with Gasteiger partial charge in [0.2, 0.25) is 0 Å². The van der Waals surface area contributed by atoms with Crippen molar-refractivity contribution in [2.24, 2.45) is 0 Å². The van der Waals surface area contributed by atoms with Crippen LogP contribution in [0.4, 0.5) is 0 Å². The Morgan fingerprint density at radius 3 is 3.00 bits per heavy atom. The fraction of sp³-hybridized carbons (Fsp3) is 0.375. The SMILES string of the molecule is CCNC(c1cccc(Cl)c1)c1cc2c(s1)CCSC2. The summed E-state index contributed by atoms with van der Waals surface area (Å²) in [5, 5.41) is 4.40. The third kappa shape index (κ3) is 3.06. The number of rotatable bonds is 4. The lowest BCUT2D eigenvalue weighted by atomic mass is 10.0. The van der Waals surface area contributed by atoms with Crippen LogP contribution in [0.5, 0.6) is 0 Å². The molecular weight excluding hydrogens is 306 g/mol. The molecule has 1 atom stereocenters. The molecule has 1 N–H and O–H groups in total. The highest BCUT2D eigenvalue weighted by Crippen LogP contribution is 2.36. The van der Waals surface area contributed by atoms with Crippen molar-refractivity contribution < 1.29 is 0 Å². The van der Waals surface area contributed by atoms with Gasteiger partial charge in [-0.2, -0.15) is 11.8 Å². The van der Waals surface area contributed by atoms with E-state index in [1.807, 2.05) is 35.2 Å². The lowest BCUT2D eigenvalue weighted by Gasteiger charge is -2.17. The molecule has 0 bridgehead atoms. The Morgan fingerprint density at radius 1 is 1.35 bits per heavy atom. The molecule has 0 aliphatic carbocycles. The Balaban J connectivity index is 1.95. The molecule has 1 unspecified atom stereocenters. The Bertz CT molecular complexity index is 570. The van der Waals surface area contributed by atoms with Gasteiger partial charge in [0.1, 0.15) is 0 Å². The third-order valence-corrected chi connectivity index (χ3v) is 6.07. The van der Waals surface area contributed by atoms with Gasteiger partial charge < -0.3 is 5.32 Å². The molecule has 1 aromatic heterocycles. The minimum atomic E-state index is 0.263. The second kappa shape index (κ2) is 6.52. The normalized spacial score (nSPS) is 15.9. The summed E-state index contributed by atoms with van der Waals surface area (Å²) in [4.78, 5) is 2.99. The Morgan fingerprint density at radius 2 is 2.25 bits per heavy atom. The monoisotopic (exact) mass is 323 g/mol. The lowest BCUT2D eigenvalue weighted by molar-refractivity contribution is 0.639. The van der Waals surface area contributed by atoms with Gasteiger partial charge in [0.05, 0.1) is 6.04 Å². The zero-order valence-electron chi connectivity index (χ0n) is 11.5. The second-order valence-electron chi connectivity index (χ2n) is 4.95. The molecule has 1 aliphatic rings. The van der Waals surface area contributed by atoms with Crippen LogP contribution in [0.15, 0.2) is 30.3 Å². The summed E-state index contributed by atoms with van der Waals surface area (Å²) in [5.74, 6) is 2.43. The highest BCUT2D eigenvalue weighted by Gasteiger charge is 2.20. The predicted molar refractivity (Wildman–Crippen MR) is 91.2 cm³/mol. The van der Waals surface area contributed by atoms with Gasteiger partial charge in [-0.05, 0) is 48.0 Å². The number of nitrogens with one attached hydrogen (secondary N) is 1. The summed E-state index contributed by atoms with van der Waals surface area (Å²) < 4.78 is 0. The number of aryl methyl sites for hydroxylation is 1. The average molecular weight is 324 g/mol. The van der Waals surface area contributed by atoms with Gasteiger partial charge in [-0.3, -0.25) is 0 Å². The Kier molecular flexibility index (Phi) is 4.72. The molecule has 2 heterocycles. The number of hydrogen-bond donors (Lipinski definition) is 1. The van der Waals surface area contributed by atoms with E-state index >= 15 is 0 Å². The van der Waals surface area contributed by atoms with E-state index in [9.17, 15) is 0 Å². The number of halogens is 1. The van der Waals surface area contributed by atoms with Crippen LogP contribution in [-0.2, 0) is 12.2 Å². The summed E-state index contributed by atoms with van der Waals surface area (Å²) in [7, 11) is 0. The molecule has 0 saturated carbocycles. The van der Waals surface area contributed by atoms with E-state index in [-0.39, 0.29) is 6.04 Å². The molecule has 4 heteroatoms. The first-order valence-corrected chi connectivity index (χ1v) is 9.31. The molecule has 1 aromatic carbocycles. The standard InChI is InChI=1S/C16H18ClNS2/c1-2-18-16(11-4-3-5-13(17)8-11)15-9-12-10-19-7-6-14(12)20-15/h3-5,8-9,16,18H,2,6-7,10H2,1H3. The molecule has 0 fully saturated rings. The van der Waals surface area contributed by atoms with E-state index in [2.05, 4.69) is 30.4 Å². The lowest BCUT2D eigenvalue weighted by Crippen LogP contribution is -2.21.